The maximum atomic E-state index is 11.3. The summed E-state index contributed by atoms with van der Waals surface area (Å²) in [5, 5.41) is 6.12. The first-order valence-electron chi connectivity index (χ1n) is 5.79. The van der Waals surface area contributed by atoms with Crippen molar-refractivity contribution in [1.82, 2.24) is 20.4 Å². The van der Waals surface area contributed by atoms with Crippen LogP contribution in [0.2, 0.25) is 0 Å². The van der Waals surface area contributed by atoms with Gasteiger partial charge in [-0.2, -0.15) is 0 Å². The zero-order chi connectivity index (χ0) is 12.4. The molecule has 5 nitrogen and oxygen atoms in total. The highest BCUT2D eigenvalue weighted by Crippen LogP contribution is 1.79. The lowest BCUT2D eigenvalue weighted by atomic mass is 10.4. The van der Waals surface area contributed by atoms with Crippen molar-refractivity contribution in [1.29, 1.82) is 0 Å². The van der Waals surface area contributed by atoms with Crippen LogP contribution in [-0.2, 0) is 4.79 Å². The molecular weight excluding hydrogens is 204 g/mol. The Labute approximate surface area is 99.2 Å². The summed E-state index contributed by atoms with van der Waals surface area (Å²) >= 11 is 0. The van der Waals surface area contributed by atoms with E-state index in [2.05, 4.69) is 20.4 Å². The molecule has 0 aromatic carbocycles. The van der Waals surface area contributed by atoms with E-state index < -0.39 is 0 Å². The van der Waals surface area contributed by atoms with Gasteiger partial charge in [-0.1, -0.05) is 0 Å². The van der Waals surface area contributed by atoms with Crippen LogP contribution in [0.25, 0.3) is 0 Å². The average molecular weight is 230 g/mol. The number of carbonyl (C=O) groups excluding carboxylic acids is 1. The zero-order valence-electron chi connectivity index (χ0n) is 11.0. The molecule has 1 amide bonds. The van der Waals surface area contributed by atoms with Crippen molar-refractivity contribution in [3.63, 3.8) is 0 Å². The molecule has 5 heteroatoms. The Kier molecular flexibility index (Phi) is 9.18. The molecule has 0 spiro atoms. The normalized spacial score (nSPS) is 11.1. The van der Waals surface area contributed by atoms with Crippen molar-refractivity contribution in [3.8, 4) is 0 Å². The number of hydrogen-bond acceptors (Lipinski definition) is 4. The smallest absolute Gasteiger partial charge is 0.221 e. The maximum Gasteiger partial charge on any atom is 0.221 e. The summed E-state index contributed by atoms with van der Waals surface area (Å²) in [4.78, 5) is 15.5. The second kappa shape index (κ2) is 9.57. The number of rotatable bonds is 9. The standard InChI is InChI=1S/C11H26N4O/c1-14(2)9-7-12-6-5-11(16)13-8-10-15(3)4/h12H,5-10H2,1-4H3,(H,13,16). The lowest BCUT2D eigenvalue weighted by molar-refractivity contribution is -0.121. The predicted molar refractivity (Wildman–Crippen MR) is 67.6 cm³/mol. The Balaban J connectivity index is 3.24. The monoisotopic (exact) mass is 230 g/mol. The molecule has 2 N–H and O–H groups in total. The fourth-order valence-corrected chi connectivity index (χ4v) is 1.14. The highest BCUT2D eigenvalue weighted by Gasteiger charge is 2.00. The minimum absolute atomic E-state index is 0.124. The van der Waals surface area contributed by atoms with Gasteiger partial charge in [-0.3, -0.25) is 4.79 Å². The summed E-state index contributed by atoms with van der Waals surface area (Å²) in [6.45, 7) is 4.30. The second-order valence-electron chi connectivity index (χ2n) is 4.46. The highest BCUT2D eigenvalue weighted by molar-refractivity contribution is 5.76. The Hall–Kier alpha value is -0.650. The van der Waals surface area contributed by atoms with Crippen molar-refractivity contribution in [2.45, 2.75) is 6.42 Å². The number of amides is 1. The van der Waals surface area contributed by atoms with Crippen molar-refractivity contribution < 1.29 is 4.79 Å². The molecule has 0 rings (SSSR count). The van der Waals surface area contributed by atoms with Crippen molar-refractivity contribution in [2.24, 2.45) is 0 Å². The quantitative estimate of drug-likeness (QED) is 0.510. The molecule has 0 unspecified atom stereocenters. The van der Waals surface area contributed by atoms with E-state index in [1.165, 1.54) is 0 Å². The molecule has 0 heterocycles. The van der Waals surface area contributed by atoms with Crippen LogP contribution in [-0.4, -0.2) is 76.6 Å². The summed E-state index contributed by atoms with van der Waals surface area (Å²) in [7, 11) is 8.06. The van der Waals surface area contributed by atoms with Crippen LogP contribution in [0.15, 0.2) is 0 Å². The van der Waals surface area contributed by atoms with E-state index in [9.17, 15) is 4.79 Å². The largest absolute Gasteiger partial charge is 0.355 e. The molecule has 0 aliphatic rings. The third-order valence-electron chi connectivity index (χ3n) is 2.15. The number of carbonyl (C=O) groups is 1. The van der Waals surface area contributed by atoms with Crippen LogP contribution in [0, 0.1) is 0 Å². The van der Waals surface area contributed by atoms with Gasteiger partial charge >= 0.3 is 0 Å². The van der Waals surface area contributed by atoms with Crippen LogP contribution in [0.4, 0.5) is 0 Å². The zero-order valence-corrected chi connectivity index (χ0v) is 11.0. The van der Waals surface area contributed by atoms with Gasteiger partial charge in [0.25, 0.3) is 0 Å². The third kappa shape index (κ3) is 11.4. The molecule has 96 valence electrons. The Morgan fingerprint density at radius 1 is 0.938 bits per heavy atom. The van der Waals surface area contributed by atoms with Gasteiger partial charge < -0.3 is 20.4 Å². The van der Waals surface area contributed by atoms with E-state index >= 15 is 0 Å². The van der Waals surface area contributed by atoms with Crippen LogP contribution >= 0.6 is 0 Å². The van der Waals surface area contributed by atoms with Crippen LogP contribution < -0.4 is 10.6 Å². The molecule has 0 aliphatic heterocycles. The number of nitrogens with one attached hydrogen (secondary N) is 2. The van der Waals surface area contributed by atoms with E-state index in [1.807, 2.05) is 28.2 Å². The number of likely N-dealkylation sites (N-methyl/N-ethyl adjacent to an activating group) is 2. The third-order valence-corrected chi connectivity index (χ3v) is 2.15. The first-order chi connectivity index (χ1) is 7.52. The van der Waals surface area contributed by atoms with E-state index in [0.29, 0.717) is 6.42 Å². The summed E-state index contributed by atoms with van der Waals surface area (Å²) in [6.07, 6.45) is 0.556. The Morgan fingerprint density at radius 2 is 1.50 bits per heavy atom. The molecule has 0 radical (unpaired) electrons. The van der Waals surface area contributed by atoms with Gasteiger partial charge in [0, 0.05) is 39.1 Å². The van der Waals surface area contributed by atoms with Crippen molar-refractivity contribution in [2.75, 3.05) is 60.9 Å². The first-order valence-corrected chi connectivity index (χ1v) is 5.79. The summed E-state index contributed by atoms with van der Waals surface area (Å²) in [5.74, 6) is 0.124. The van der Waals surface area contributed by atoms with Gasteiger partial charge in [-0.15, -0.1) is 0 Å². The molecule has 0 fully saturated rings. The molecule has 16 heavy (non-hydrogen) atoms. The lowest BCUT2D eigenvalue weighted by Crippen LogP contribution is -2.34. The van der Waals surface area contributed by atoms with Crippen LogP contribution in [0.1, 0.15) is 6.42 Å². The van der Waals surface area contributed by atoms with Gasteiger partial charge in [-0.25, -0.2) is 0 Å². The topological polar surface area (TPSA) is 47.6 Å². The fraction of sp³-hybridized carbons (Fsp3) is 0.909. The van der Waals surface area contributed by atoms with Crippen LogP contribution in [0.3, 0.4) is 0 Å². The van der Waals surface area contributed by atoms with Crippen LogP contribution in [0.5, 0.6) is 0 Å². The molecule has 0 bridgehead atoms. The van der Waals surface area contributed by atoms with E-state index in [-0.39, 0.29) is 5.91 Å². The number of hydrogen-bond donors (Lipinski definition) is 2. The fourth-order valence-electron chi connectivity index (χ4n) is 1.14. The molecule has 0 aromatic heterocycles. The van der Waals surface area contributed by atoms with E-state index in [4.69, 9.17) is 0 Å². The van der Waals surface area contributed by atoms with Gasteiger partial charge in [0.1, 0.15) is 0 Å². The van der Waals surface area contributed by atoms with Gasteiger partial charge in [0.05, 0.1) is 0 Å². The van der Waals surface area contributed by atoms with Crippen molar-refractivity contribution in [3.05, 3.63) is 0 Å². The lowest BCUT2D eigenvalue weighted by Gasteiger charge is -2.11. The SMILES string of the molecule is CN(C)CCNCCC(=O)NCCN(C)C. The minimum Gasteiger partial charge on any atom is -0.355 e. The minimum atomic E-state index is 0.124. The summed E-state index contributed by atoms with van der Waals surface area (Å²) < 4.78 is 0. The molecule has 0 saturated carbocycles. The summed E-state index contributed by atoms with van der Waals surface area (Å²) in [5.41, 5.74) is 0. The number of nitrogens with zero attached hydrogens (tertiary/aromatic N) is 2. The molecule has 0 saturated heterocycles. The highest BCUT2D eigenvalue weighted by atomic mass is 16.1. The van der Waals surface area contributed by atoms with Crippen molar-refractivity contribution >= 4 is 5.91 Å². The predicted octanol–water partition coefficient (Wildman–Crippen LogP) is -0.794. The Bertz CT molecular complexity index is 183. The Morgan fingerprint density at radius 3 is 2.06 bits per heavy atom. The van der Waals surface area contributed by atoms with E-state index in [1.54, 1.807) is 0 Å². The van der Waals surface area contributed by atoms with Gasteiger partial charge in [0.15, 0.2) is 0 Å². The van der Waals surface area contributed by atoms with E-state index in [0.717, 1.165) is 32.7 Å². The molecule has 0 aliphatic carbocycles. The van der Waals surface area contributed by atoms with Gasteiger partial charge in [-0.05, 0) is 28.2 Å². The van der Waals surface area contributed by atoms with Gasteiger partial charge in [0.2, 0.25) is 5.91 Å². The first kappa shape index (κ1) is 15.3. The molecule has 0 atom stereocenters. The maximum absolute atomic E-state index is 11.3. The second-order valence-corrected chi connectivity index (χ2v) is 4.46. The average Bonchev–Trinajstić information content (AvgIpc) is 2.16. The molecular formula is C11H26N4O. The molecule has 0 aromatic rings. The summed E-state index contributed by atoms with van der Waals surface area (Å²) in [6, 6.07) is 0.